The van der Waals surface area contributed by atoms with Crippen LogP contribution in [-0.4, -0.2) is 10.9 Å². The second-order valence-corrected chi connectivity index (χ2v) is 8.23. The predicted molar refractivity (Wildman–Crippen MR) is 117 cm³/mol. The summed E-state index contributed by atoms with van der Waals surface area (Å²) in [7, 11) is 0. The van der Waals surface area contributed by atoms with Gasteiger partial charge in [-0.15, -0.1) is 11.3 Å². The lowest BCUT2D eigenvalue weighted by Crippen LogP contribution is -2.15. The minimum Gasteiger partial charge on any atom is -0.322 e. The van der Waals surface area contributed by atoms with Crippen LogP contribution < -0.4 is 5.32 Å². The van der Waals surface area contributed by atoms with Crippen molar-refractivity contribution in [2.24, 2.45) is 0 Å². The highest BCUT2D eigenvalue weighted by atomic mass is 35.5. The Labute approximate surface area is 181 Å². The molecular formula is C23H15ClF2N2OS. The Morgan fingerprint density at radius 3 is 2.40 bits per heavy atom. The molecule has 0 aliphatic heterocycles. The molecule has 0 aliphatic rings. The Morgan fingerprint density at radius 2 is 1.73 bits per heavy atom. The van der Waals surface area contributed by atoms with Crippen molar-refractivity contribution in [3.05, 3.63) is 94.1 Å². The monoisotopic (exact) mass is 440 g/mol. The maximum atomic E-state index is 13.8. The van der Waals surface area contributed by atoms with Crippen LogP contribution >= 0.6 is 22.9 Å². The molecule has 0 saturated heterocycles. The molecule has 2 aromatic heterocycles. The van der Waals surface area contributed by atoms with Crippen molar-refractivity contribution in [1.29, 1.82) is 0 Å². The number of anilines is 1. The summed E-state index contributed by atoms with van der Waals surface area (Å²) in [6.45, 7) is 2.02. The third-order valence-electron chi connectivity index (χ3n) is 4.59. The topological polar surface area (TPSA) is 42.0 Å². The van der Waals surface area contributed by atoms with Crippen LogP contribution in [0.4, 0.5) is 14.5 Å². The number of carbonyl (C=O) groups excluding carboxylic acids is 1. The quantitative estimate of drug-likeness (QED) is 0.372. The van der Waals surface area contributed by atoms with Crippen LogP contribution in [0.3, 0.4) is 0 Å². The summed E-state index contributed by atoms with van der Waals surface area (Å²) in [5.41, 5.74) is 2.69. The normalized spacial score (nSPS) is 10.8. The molecule has 30 heavy (non-hydrogen) atoms. The highest BCUT2D eigenvalue weighted by molar-refractivity contribution is 7.16. The third-order valence-corrected chi connectivity index (χ3v) is 6.01. The second-order valence-electron chi connectivity index (χ2n) is 6.56. The lowest BCUT2D eigenvalue weighted by Gasteiger charge is -2.08. The number of aromatic nitrogens is 1. The summed E-state index contributed by atoms with van der Waals surface area (Å²) < 4.78 is 27.6. The van der Waals surface area contributed by atoms with Crippen molar-refractivity contribution >= 4 is 34.5 Å². The Morgan fingerprint density at radius 1 is 1.03 bits per heavy atom. The van der Waals surface area contributed by atoms with E-state index in [0.717, 1.165) is 38.6 Å². The first kappa shape index (κ1) is 20.2. The van der Waals surface area contributed by atoms with E-state index in [9.17, 15) is 13.6 Å². The molecule has 150 valence electrons. The van der Waals surface area contributed by atoms with Crippen LogP contribution in [0.5, 0.6) is 0 Å². The van der Waals surface area contributed by atoms with E-state index in [1.807, 2.05) is 25.1 Å². The fraction of sp³-hybridized carbons (Fsp3) is 0.0435. The number of thiophene rings is 1. The Hall–Kier alpha value is -3.09. The molecule has 0 radical (unpaired) electrons. The number of amides is 1. The zero-order valence-electron chi connectivity index (χ0n) is 15.7. The van der Waals surface area contributed by atoms with E-state index >= 15 is 0 Å². The number of nitrogens with one attached hydrogen (secondary N) is 1. The lowest BCUT2D eigenvalue weighted by molar-refractivity contribution is 0.101. The van der Waals surface area contributed by atoms with Gasteiger partial charge in [0.2, 0.25) is 0 Å². The van der Waals surface area contributed by atoms with E-state index in [2.05, 4.69) is 10.3 Å². The molecule has 4 rings (SSSR count). The smallest absolute Gasteiger partial charge is 0.261 e. The Balaban J connectivity index is 1.57. The van der Waals surface area contributed by atoms with E-state index in [0.29, 0.717) is 10.7 Å². The summed E-state index contributed by atoms with van der Waals surface area (Å²) in [6, 6.07) is 14.2. The number of hydrogen-bond donors (Lipinski definition) is 1. The molecule has 0 unspecified atom stereocenters. The fourth-order valence-electron chi connectivity index (χ4n) is 3.10. The van der Waals surface area contributed by atoms with Gasteiger partial charge >= 0.3 is 0 Å². The molecule has 0 saturated carbocycles. The molecule has 1 amide bonds. The molecule has 4 aromatic rings. The van der Waals surface area contributed by atoms with Gasteiger partial charge in [0, 0.05) is 33.4 Å². The molecule has 2 aromatic carbocycles. The highest BCUT2D eigenvalue weighted by Crippen LogP contribution is 2.39. The lowest BCUT2D eigenvalue weighted by atomic mass is 10.0. The van der Waals surface area contributed by atoms with Gasteiger partial charge in [-0.2, -0.15) is 0 Å². The van der Waals surface area contributed by atoms with Gasteiger partial charge in [0.1, 0.15) is 17.2 Å². The van der Waals surface area contributed by atoms with Crippen LogP contribution in [0.25, 0.3) is 21.6 Å². The van der Waals surface area contributed by atoms with Gasteiger partial charge in [-0.1, -0.05) is 29.8 Å². The first-order valence-electron chi connectivity index (χ1n) is 9.00. The average Bonchev–Trinajstić information content (AvgIpc) is 3.10. The van der Waals surface area contributed by atoms with Gasteiger partial charge in [-0.3, -0.25) is 9.78 Å². The second kappa shape index (κ2) is 8.34. The van der Waals surface area contributed by atoms with Crippen molar-refractivity contribution in [2.45, 2.75) is 6.92 Å². The number of benzene rings is 2. The van der Waals surface area contributed by atoms with Crippen LogP contribution in [0.2, 0.25) is 5.02 Å². The van der Waals surface area contributed by atoms with Crippen LogP contribution in [-0.2, 0) is 0 Å². The van der Waals surface area contributed by atoms with E-state index in [1.54, 1.807) is 41.9 Å². The van der Waals surface area contributed by atoms with Gasteiger partial charge < -0.3 is 5.32 Å². The largest absolute Gasteiger partial charge is 0.322 e. The molecule has 0 aliphatic carbocycles. The number of carbonyl (C=O) groups is 1. The summed E-state index contributed by atoms with van der Waals surface area (Å²) in [6.07, 6.45) is 3.38. The Kier molecular flexibility index (Phi) is 5.61. The summed E-state index contributed by atoms with van der Waals surface area (Å²) in [5.74, 6) is -2.64. The van der Waals surface area contributed by atoms with E-state index in [-0.39, 0.29) is 0 Å². The SMILES string of the molecule is Cc1sc(-c2cnccc2Cl)cc1-c1ccc(NC(=O)c2c(F)cccc2F)cc1. The maximum absolute atomic E-state index is 13.8. The molecule has 0 atom stereocenters. The van der Waals surface area contributed by atoms with Crippen LogP contribution in [0.15, 0.2) is 67.0 Å². The van der Waals surface area contributed by atoms with Crippen molar-refractivity contribution in [2.75, 3.05) is 5.32 Å². The van der Waals surface area contributed by atoms with E-state index in [1.165, 1.54) is 6.07 Å². The van der Waals surface area contributed by atoms with Crippen LogP contribution in [0, 0.1) is 18.6 Å². The molecule has 0 bridgehead atoms. The first-order valence-corrected chi connectivity index (χ1v) is 10.2. The summed E-state index contributed by atoms with van der Waals surface area (Å²) in [4.78, 5) is 18.5. The van der Waals surface area contributed by atoms with Crippen molar-refractivity contribution in [1.82, 2.24) is 4.98 Å². The van der Waals surface area contributed by atoms with Gasteiger partial charge in [0.05, 0.1) is 5.02 Å². The minimum absolute atomic E-state index is 0.440. The van der Waals surface area contributed by atoms with Crippen LogP contribution in [0.1, 0.15) is 15.2 Å². The van der Waals surface area contributed by atoms with Crippen molar-refractivity contribution in [3.63, 3.8) is 0 Å². The maximum Gasteiger partial charge on any atom is 0.261 e. The standard InChI is InChI=1S/C23H15ClF2N2OS/c1-13-16(11-21(30-13)17-12-27-10-9-18(17)24)14-5-7-15(8-6-14)28-23(29)22-19(25)3-2-4-20(22)26/h2-12H,1H3,(H,28,29). The summed E-state index contributed by atoms with van der Waals surface area (Å²) >= 11 is 7.90. The summed E-state index contributed by atoms with van der Waals surface area (Å²) in [5, 5.41) is 3.17. The average molecular weight is 441 g/mol. The highest BCUT2D eigenvalue weighted by Gasteiger charge is 2.17. The number of aryl methyl sites for hydroxylation is 1. The van der Waals surface area contributed by atoms with E-state index < -0.39 is 23.1 Å². The number of nitrogens with zero attached hydrogens (tertiary/aromatic N) is 1. The number of rotatable bonds is 4. The molecule has 2 heterocycles. The first-order chi connectivity index (χ1) is 14.4. The molecule has 1 N–H and O–H groups in total. The minimum atomic E-state index is -0.903. The zero-order valence-corrected chi connectivity index (χ0v) is 17.3. The van der Waals surface area contributed by atoms with Gasteiger partial charge in [0.15, 0.2) is 0 Å². The fourth-order valence-corrected chi connectivity index (χ4v) is 4.43. The van der Waals surface area contributed by atoms with Gasteiger partial charge in [-0.05, 0) is 54.4 Å². The molecule has 7 heteroatoms. The van der Waals surface area contributed by atoms with Crippen molar-refractivity contribution < 1.29 is 13.6 Å². The van der Waals surface area contributed by atoms with Gasteiger partial charge in [0.25, 0.3) is 5.91 Å². The molecule has 0 spiro atoms. The number of halogens is 3. The van der Waals surface area contributed by atoms with Crippen molar-refractivity contribution in [3.8, 4) is 21.6 Å². The van der Waals surface area contributed by atoms with E-state index in [4.69, 9.17) is 11.6 Å². The molecule has 3 nitrogen and oxygen atoms in total. The predicted octanol–water partition coefficient (Wildman–Crippen LogP) is 6.97. The number of hydrogen-bond acceptors (Lipinski definition) is 3. The molecule has 0 fully saturated rings. The number of pyridine rings is 1. The third kappa shape index (κ3) is 3.97. The Bertz CT molecular complexity index is 1220. The molecular weight excluding hydrogens is 426 g/mol. The van der Waals surface area contributed by atoms with Gasteiger partial charge in [-0.25, -0.2) is 8.78 Å². The zero-order chi connectivity index (χ0) is 21.3.